The lowest BCUT2D eigenvalue weighted by Crippen LogP contribution is -2.31. The highest BCUT2D eigenvalue weighted by atomic mass is 32.2. The number of urea groups is 1. The maximum absolute atomic E-state index is 12.9. The van der Waals surface area contributed by atoms with E-state index >= 15 is 0 Å². The van der Waals surface area contributed by atoms with E-state index in [-0.39, 0.29) is 22.7 Å². The van der Waals surface area contributed by atoms with Gasteiger partial charge in [-0.2, -0.15) is 0 Å². The first-order valence-electron chi connectivity index (χ1n) is 11.9. The van der Waals surface area contributed by atoms with Crippen molar-refractivity contribution in [2.45, 2.75) is 51.3 Å². The molecule has 35 heavy (non-hydrogen) atoms. The molecule has 0 bridgehead atoms. The van der Waals surface area contributed by atoms with E-state index in [9.17, 15) is 13.2 Å². The predicted octanol–water partition coefficient (Wildman–Crippen LogP) is 6.01. The maximum atomic E-state index is 12.9. The molecule has 2 amide bonds. The fourth-order valence-corrected chi connectivity index (χ4v) is 5.47. The maximum Gasteiger partial charge on any atom is 0.319 e. The summed E-state index contributed by atoms with van der Waals surface area (Å²) < 4.78 is 25.8. The van der Waals surface area contributed by atoms with Gasteiger partial charge in [0.05, 0.1) is 16.7 Å². The van der Waals surface area contributed by atoms with E-state index in [1.54, 1.807) is 12.1 Å². The number of nitrogens with one attached hydrogen (secondary N) is 2. The Bertz CT molecular complexity index is 1250. The van der Waals surface area contributed by atoms with Crippen molar-refractivity contribution in [2.75, 3.05) is 23.3 Å². The van der Waals surface area contributed by atoms with Crippen LogP contribution < -0.4 is 15.5 Å². The molecule has 0 aliphatic rings. The topological polar surface area (TPSA) is 78.5 Å². The molecule has 3 rings (SSSR count). The summed E-state index contributed by atoms with van der Waals surface area (Å²) in [6.45, 7) is 12.0. The molecule has 0 heterocycles. The smallest absolute Gasteiger partial charge is 0.319 e. The van der Waals surface area contributed by atoms with Gasteiger partial charge in [-0.15, -0.1) is 0 Å². The predicted molar refractivity (Wildman–Crippen MR) is 144 cm³/mol. The van der Waals surface area contributed by atoms with Gasteiger partial charge >= 0.3 is 6.03 Å². The highest BCUT2D eigenvalue weighted by Gasteiger charge is 2.17. The summed E-state index contributed by atoms with van der Waals surface area (Å²) in [6.07, 6.45) is 0. The molecule has 0 spiro atoms. The third-order valence-electron chi connectivity index (χ3n) is 6.35. The third-order valence-corrected chi connectivity index (χ3v) is 8.06. The molecule has 6 nitrogen and oxygen atoms in total. The van der Waals surface area contributed by atoms with E-state index in [4.69, 9.17) is 0 Å². The highest BCUT2D eigenvalue weighted by molar-refractivity contribution is 7.90. The second-order valence-electron chi connectivity index (χ2n) is 8.73. The Kier molecular flexibility index (Phi) is 8.57. The van der Waals surface area contributed by atoms with Crippen LogP contribution in [0.15, 0.2) is 71.6 Å². The first-order valence-corrected chi connectivity index (χ1v) is 13.6. The van der Waals surface area contributed by atoms with Crippen LogP contribution in [0.25, 0.3) is 0 Å². The molecule has 0 fully saturated rings. The summed E-state index contributed by atoms with van der Waals surface area (Å²) in [5.74, 6) is -0.0772. The van der Waals surface area contributed by atoms with Gasteiger partial charge in [-0.1, -0.05) is 30.3 Å². The number of nitrogens with zero attached hydrogens (tertiary/aromatic N) is 1. The number of rotatable bonds is 9. The summed E-state index contributed by atoms with van der Waals surface area (Å²) >= 11 is 0. The van der Waals surface area contributed by atoms with Gasteiger partial charge in [0.25, 0.3) is 0 Å². The largest absolute Gasteiger partial charge is 0.372 e. The SMILES string of the molecule is CCN(CC)c1ccc(CS(=O)(=O)c2ccc(NC(=O)NC(C)c3cccc(C)c3C)cc2)cc1. The van der Waals surface area contributed by atoms with Crippen LogP contribution in [0.2, 0.25) is 0 Å². The molecule has 0 aliphatic heterocycles. The number of carbonyl (C=O) groups is 1. The van der Waals surface area contributed by atoms with E-state index in [1.807, 2.05) is 63.2 Å². The summed E-state index contributed by atoms with van der Waals surface area (Å²) in [7, 11) is -3.51. The van der Waals surface area contributed by atoms with Crippen LogP contribution >= 0.6 is 0 Å². The van der Waals surface area contributed by atoms with Crippen molar-refractivity contribution in [1.82, 2.24) is 5.32 Å². The van der Waals surface area contributed by atoms with Gasteiger partial charge in [0.1, 0.15) is 0 Å². The van der Waals surface area contributed by atoms with Crippen molar-refractivity contribution < 1.29 is 13.2 Å². The van der Waals surface area contributed by atoms with Gasteiger partial charge in [0.15, 0.2) is 9.84 Å². The second kappa shape index (κ2) is 11.4. The Morgan fingerprint density at radius 2 is 1.54 bits per heavy atom. The van der Waals surface area contributed by atoms with Crippen molar-refractivity contribution in [3.8, 4) is 0 Å². The van der Waals surface area contributed by atoms with Crippen LogP contribution in [0.5, 0.6) is 0 Å². The van der Waals surface area contributed by atoms with Gasteiger partial charge in [-0.3, -0.25) is 0 Å². The number of anilines is 2. The van der Waals surface area contributed by atoms with Crippen molar-refractivity contribution in [1.29, 1.82) is 0 Å². The minimum atomic E-state index is -3.51. The Balaban J connectivity index is 1.62. The molecule has 0 saturated heterocycles. The summed E-state index contributed by atoms with van der Waals surface area (Å²) in [5.41, 5.74) is 5.73. The number of hydrogen-bond acceptors (Lipinski definition) is 4. The molecule has 2 N–H and O–H groups in total. The Hall–Kier alpha value is -3.32. The fourth-order valence-electron chi connectivity index (χ4n) is 4.12. The number of amides is 2. The number of carbonyl (C=O) groups excluding carboxylic acids is 1. The van der Waals surface area contributed by atoms with Gasteiger partial charge < -0.3 is 15.5 Å². The van der Waals surface area contributed by atoms with Crippen LogP contribution in [0.4, 0.5) is 16.2 Å². The molecular weight excluding hydrogens is 458 g/mol. The number of sulfone groups is 1. The van der Waals surface area contributed by atoms with Crippen molar-refractivity contribution >= 4 is 27.2 Å². The number of hydrogen-bond donors (Lipinski definition) is 2. The number of benzene rings is 3. The minimum absolute atomic E-state index is 0.0772. The molecule has 0 aliphatic carbocycles. The molecular formula is C28H35N3O3S. The zero-order chi connectivity index (χ0) is 25.6. The second-order valence-corrected chi connectivity index (χ2v) is 10.7. The monoisotopic (exact) mass is 493 g/mol. The standard InChI is InChI=1S/C28H35N3O3S/c1-6-31(7-2)25-15-11-23(12-16-25)19-35(33,34)26-17-13-24(14-18-26)30-28(32)29-22(5)27-10-8-9-20(3)21(27)4/h8-18,22H,6-7,19H2,1-5H3,(H2,29,30,32). The lowest BCUT2D eigenvalue weighted by atomic mass is 9.98. The zero-order valence-electron chi connectivity index (χ0n) is 21.1. The molecule has 1 atom stereocenters. The molecule has 1 unspecified atom stereocenters. The van der Waals surface area contributed by atoms with Gasteiger partial charge in [0.2, 0.25) is 0 Å². The van der Waals surface area contributed by atoms with Crippen LogP contribution in [0, 0.1) is 13.8 Å². The highest BCUT2D eigenvalue weighted by Crippen LogP contribution is 2.22. The van der Waals surface area contributed by atoms with Crippen LogP contribution in [0.3, 0.4) is 0 Å². The molecule has 3 aromatic carbocycles. The van der Waals surface area contributed by atoms with Crippen LogP contribution in [-0.4, -0.2) is 27.5 Å². The van der Waals surface area contributed by atoms with E-state index < -0.39 is 9.84 Å². The Labute approximate surface area is 209 Å². The van der Waals surface area contributed by atoms with Gasteiger partial charge in [-0.25, -0.2) is 13.2 Å². The molecule has 186 valence electrons. The number of aryl methyl sites for hydroxylation is 1. The van der Waals surface area contributed by atoms with Gasteiger partial charge in [-0.05, 0) is 93.3 Å². The molecule has 3 aromatic rings. The first kappa shape index (κ1) is 26.3. The van der Waals surface area contributed by atoms with E-state index in [0.717, 1.165) is 35.5 Å². The van der Waals surface area contributed by atoms with Crippen molar-refractivity contribution in [3.63, 3.8) is 0 Å². The average molecular weight is 494 g/mol. The molecule has 0 aromatic heterocycles. The molecule has 0 saturated carbocycles. The lowest BCUT2D eigenvalue weighted by Gasteiger charge is -2.21. The minimum Gasteiger partial charge on any atom is -0.372 e. The van der Waals surface area contributed by atoms with Gasteiger partial charge in [0, 0.05) is 24.5 Å². The van der Waals surface area contributed by atoms with Crippen molar-refractivity contribution in [3.05, 3.63) is 89.0 Å². The van der Waals surface area contributed by atoms with E-state index in [2.05, 4.69) is 29.4 Å². The normalized spacial score (nSPS) is 12.1. The first-order chi connectivity index (χ1) is 16.6. The quantitative estimate of drug-likeness (QED) is 0.383. The van der Waals surface area contributed by atoms with Crippen LogP contribution in [0.1, 0.15) is 49.1 Å². The van der Waals surface area contributed by atoms with E-state index in [0.29, 0.717) is 5.69 Å². The summed E-state index contributed by atoms with van der Waals surface area (Å²) in [4.78, 5) is 14.9. The Morgan fingerprint density at radius 3 is 2.14 bits per heavy atom. The molecule has 7 heteroatoms. The average Bonchev–Trinajstić information content (AvgIpc) is 2.82. The van der Waals surface area contributed by atoms with Crippen LogP contribution in [-0.2, 0) is 15.6 Å². The summed E-state index contributed by atoms with van der Waals surface area (Å²) in [5, 5.41) is 5.72. The van der Waals surface area contributed by atoms with Crippen molar-refractivity contribution in [2.24, 2.45) is 0 Å². The third kappa shape index (κ3) is 6.63. The molecule has 0 radical (unpaired) electrons. The Morgan fingerprint density at radius 1 is 0.914 bits per heavy atom. The summed E-state index contributed by atoms with van der Waals surface area (Å²) in [6, 6.07) is 19.4. The fraction of sp³-hybridized carbons (Fsp3) is 0.321. The van der Waals surface area contributed by atoms with E-state index in [1.165, 1.54) is 17.7 Å². The lowest BCUT2D eigenvalue weighted by molar-refractivity contribution is 0.249. The zero-order valence-corrected chi connectivity index (χ0v) is 21.9.